The molecule has 0 aliphatic carbocycles. The number of hydrogen-bond donors (Lipinski definition) is 0. The van der Waals surface area contributed by atoms with Gasteiger partial charge in [0.25, 0.3) is 0 Å². The molecule has 1 heterocycles. The van der Waals surface area contributed by atoms with Gasteiger partial charge in [-0.05, 0) is 19.3 Å². The lowest BCUT2D eigenvalue weighted by molar-refractivity contribution is -0.194. The fourth-order valence-corrected chi connectivity index (χ4v) is 2.51. The summed E-state index contributed by atoms with van der Waals surface area (Å²) in [4.78, 5) is 11.0. The molecule has 0 aromatic heterocycles. The summed E-state index contributed by atoms with van der Waals surface area (Å²) in [6, 6.07) is 0. The van der Waals surface area contributed by atoms with Gasteiger partial charge in [-0.1, -0.05) is 26.6 Å². The van der Waals surface area contributed by atoms with Crippen molar-refractivity contribution in [2.24, 2.45) is 5.92 Å². The summed E-state index contributed by atoms with van der Waals surface area (Å²) in [6.45, 7) is 9.28. The third-order valence-corrected chi connectivity index (χ3v) is 3.96. The Hall–Kier alpha value is -0.633. The summed E-state index contributed by atoms with van der Waals surface area (Å²) in [5.74, 6) is 3.06. The first kappa shape index (κ1) is 16.4. The van der Waals surface area contributed by atoms with Gasteiger partial charge in [0.15, 0.2) is 6.29 Å². The fraction of sp³-hybridized carbons (Fsp3) is 0.800. The van der Waals surface area contributed by atoms with E-state index in [0.717, 1.165) is 32.2 Å². The maximum atomic E-state index is 11.0. The quantitative estimate of drug-likeness (QED) is 0.442. The van der Waals surface area contributed by atoms with E-state index in [-0.39, 0.29) is 18.3 Å². The van der Waals surface area contributed by atoms with Crippen molar-refractivity contribution in [3.63, 3.8) is 0 Å². The van der Waals surface area contributed by atoms with Crippen molar-refractivity contribution in [1.82, 2.24) is 0 Å². The summed E-state index contributed by atoms with van der Waals surface area (Å²) in [6.07, 6.45) is 4.41. The second kappa shape index (κ2) is 7.84. The van der Waals surface area contributed by atoms with Gasteiger partial charge in [0, 0.05) is 18.9 Å². The van der Waals surface area contributed by atoms with Crippen molar-refractivity contribution in [3.8, 4) is 11.5 Å². The van der Waals surface area contributed by atoms with Gasteiger partial charge in [-0.3, -0.25) is 0 Å². The first-order valence-corrected chi connectivity index (χ1v) is 10.6. The maximum Gasteiger partial charge on any atom is 0.158 e. The predicted molar refractivity (Wildman–Crippen MR) is 79.4 cm³/mol. The third-order valence-electron chi connectivity index (χ3n) is 3.03. The molecule has 0 amide bonds. The van der Waals surface area contributed by atoms with Crippen molar-refractivity contribution in [3.05, 3.63) is 0 Å². The Morgan fingerprint density at radius 1 is 1.42 bits per heavy atom. The van der Waals surface area contributed by atoms with Gasteiger partial charge in [-0.15, -0.1) is 11.5 Å². The van der Waals surface area contributed by atoms with Crippen LogP contribution in [0.15, 0.2) is 0 Å². The van der Waals surface area contributed by atoms with Gasteiger partial charge in [0.05, 0.1) is 6.10 Å². The molecule has 0 N–H and O–H groups in total. The molecular formula is C15H26O3Si. The maximum absolute atomic E-state index is 11.0. The number of rotatable bonds is 5. The minimum Gasteiger partial charge on any atom is -0.353 e. The van der Waals surface area contributed by atoms with Crippen molar-refractivity contribution in [2.75, 3.05) is 6.61 Å². The molecule has 1 fully saturated rings. The van der Waals surface area contributed by atoms with Gasteiger partial charge in [-0.25, -0.2) is 0 Å². The van der Waals surface area contributed by atoms with E-state index in [2.05, 4.69) is 31.1 Å². The van der Waals surface area contributed by atoms with Crippen LogP contribution in [-0.2, 0) is 14.3 Å². The highest BCUT2D eigenvalue weighted by molar-refractivity contribution is 6.83. The average Bonchev–Trinajstić information content (AvgIpc) is 2.36. The van der Waals surface area contributed by atoms with Crippen molar-refractivity contribution in [2.45, 2.75) is 64.6 Å². The standard InChI is InChI=1S/C15H26O3Si/c1-13(12-16)14(8-7-11-19(2,3)4)18-15-9-5-6-10-17-15/h12-15H,5-6,8-10H2,1-4H3/t13-,14+,15?/m1/s1. The normalized spacial score (nSPS) is 23.1. The van der Waals surface area contributed by atoms with Gasteiger partial charge in [0.2, 0.25) is 0 Å². The van der Waals surface area contributed by atoms with Crippen LogP contribution in [0.5, 0.6) is 0 Å². The van der Waals surface area contributed by atoms with Crippen molar-refractivity contribution >= 4 is 14.4 Å². The molecule has 0 radical (unpaired) electrons. The molecule has 3 nitrogen and oxygen atoms in total. The molecular weight excluding hydrogens is 256 g/mol. The number of ether oxygens (including phenoxy) is 2. The summed E-state index contributed by atoms with van der Waals surface area (Å²) in [7, 11) is -1.36. The summed E-state index contributed by atoms with van der Waals surface area (Å²) in [5.41, 5.74) is 3.32. The minimum absolute atomic E-state index is 0.138. The van der Waals surface area contributed by atoms with Crippen LogP contribution in [0.1, 0.15) is 32.6 Å². The molecule has 1 saturated heterocycles. The first-order chi connectivity index (χ1) is 8.92. The molecule has 1 aliphatic heterocycles. The zero-order valence-corrected chi connectivity index (χ0v) is 13.6. The molecule has 0 saturated carbocycles. The second-order valence-electron chi connectivity index (χ2n) is 6.22. The summed E-state index contributed by atoms with van der Waals surface area (Å²) < 4.78 is 11.5. The zero-order valence-electron chi connectivity index (χ0n) is 12.6. The van der Waals surface area contributed by atoms with E-state index in [4.69, 9.17) is 9.47 Å². The van der Waals surface area contributed by atoms with E-state index in [1.807, 2.05) is 6.92 Å². The lowest BCUT2D eigenvalue weighted by atomic mass is 10.0. The molecule has 0 aromatic carbocycles. The number of hydrogen-bond acceptors (Lipinski definition) is 3. The minimum atomic E-state index is -1.36. The monoisotopic (exact) mass is 282 g/mol. The largest absolute Gasteiger partial charge is 0.353 e. The first-order valence-electron chi connectivity index (χ1n) is 7.15. The van der Waals surface area contributed by atoms with Crippen molar-refractivity contribution < 1.29 is 14.3 Å². The van der Waals surface area contributed by atoms with Gasteiger partial charge < -0.3 is 14.3 Å². The molecule has 3 atom stereocenters. The van der Waals surface area contributed by atoms with E-state index < -0.39 is 8.07 Å². The molecule has 1 rings (SSSR count). The molecule has 1 aliphatic rings. The van der Waals surface area contributed by atoms with E-state index in [0.29, 0.717) is 6.42 Å². The Labute approximate surface area is 118 Å². The average molecular weight is 282 g/mol. The molecule has 0 aromatic rings. The van der Waals surface area contributed by atoms with E-state index in [9.17, 15) is 4.79 Å². The van der Waals surface area contributed by atoms with Crippen LogP contribution in [0.3, 0.4) is 0 Å². The highest BCUT2D eigenvalue weighted by Crippen LogP contribution is 2.19. The third kappa shape index (κ3) is 6.91. The zero-order chi connectivity index (χ0) is 14.3. The topological polar surface area (TPSA) is 35.5 Å². The summed E-state index contributed by atoms with van der Waals surface area (Å²) in [5, 5.41) is 0. The van der Waals surface area contributed by atoms with E-state index in [1.54, 1.807) is 0 Å². The fourth-order valence-electron chi connectivity index (χ4n) is 1.88. The molecule has 1 unspecified atom stereocenters. The van der Waals surface area contributed by atoms with Crippen LogP contribution in [0.2, 0.25) is 19.6 Å². The van der Waals surface area contributed by atoms with Gasteiger partial charge in [-0.2, -0.15) is 0 Å². The number of carbonyl (C=O) groups excluding carboxylic acids is 1. The Kier molecular flexibility index (Phi) is 6.77. The van der Waals surface area contributed by atoms with Crippen LogP contribution >= 0.6 is 0 Å². The molecule has 0 bridgehead atoms. The highest BCUT2D eigenvalue weighted by atomic mass is 28.3. The van der Waals surface area contributed by atoms with E-state index in [1.165, 1.54) is 0 Å². The number of carbonyl (C=O) groups is 1. The Balaban J connectivity index is 2.55. The SMILES string of the molecule is C[C@H](C=O)[C@H](CC#C[Si](C)(C)C)OC1CCCCO1. The van der Waals surface area contributed by atoms with Crippen LogP contribution in [0.25, 0.3) is 0 Å². The van der Waals surface area contributed by atoms with Crippen LogP contribution in [0.4, 0.5) is 0 Å². The highest BCUT2D eigenvalue weighted by Gasteiger charge is 2.23. The molecule has 108 valence electrons. The Morgan fingerprint density at radius 3 is 2.68 bits per heavy atom. The molecule has 0 spiro atoms. The lowest BCUT2D eigenvalue weighted by Crippen LogP contribution is -2.32. The Morgan fingerprint density at radius 2 is 2.16 bits per heavy atom. The van der Waals surface area contributed by atoms with Crippen molar-refractivity contribution in [1.29, 1.82) is 0 Å². The number of aldehydes is 1. The predicted octanol–water partition coefficient (Wildman–Crippen LogP) is 3.00. The van der Waals surface area contributed by atoms with Gasteiger partial charge in [0.1, 0.15) is 14.4 Å². The Bertz CT molecular complexity index is 332. The van der Waals surface area contributed by atoms with Gasteiger partial charge >= 0.3 is 0 Å². The van der Waals surface area contributed by atoms with Crippen LogP contribution in [0, 0.1) is 17.4 Å². The van der Waals surface area contributed by atoms with E-state index >= 15 is 0 Å². The molecule has 19 heavy (non-hydrogen) atoms. The van der Waals surface area contributed by atoms with Crippen LogP contribution in [-0.4, -0.2) is 33.4 Å². The van der Waals surface area contributed by atoms with Crippen LogP contribution < -0.4 is 0 Å². The second-order valence-corrected chi connectivity index (χ2v) is 11.0. The smallest absolute Gasteiger partial charge is 0.158 e. The lowest BCUT2D eigenvalue weighted by Gasteiger charge is -2.28. The molecule has 4 heteroatoms. The summed E-state index contributed by atoms with van der Waals surface area (Å²) >= 11 is 0.